The van der Waals surface area contributed by atoms with E-state index in [2.05, 4.69) is 106 Å². The van der Waals surface area contributed by atoms with Gasteiger partial charge < -0.3 is 62.8 Å². The molecule has 0 spiro atoms. The Balaban J connectivity index is 0.000000110. The molecule has 0 radical (unpaired) electrons. The van der Waals surface area contributed by atoms with Crippen molar-refractivity contribution in [3.63, 3.8) is 0 Å². The second-order valence-electron chi connectivity index (χ2n) is 34.5. The molecule has 4 saturated carbocycles. The number of halogens is 1. The summed E-state index contributed by atoms with van der Waals surface area (Å²) < 4.78 is 31.2. The number of aromatic nitrogens is 4. The Bertz CT molecular complexity index is 4980. The summed E-state index contributed by atoms with van der Waals surface area (Å²) in [4.78, 5) is 74.4. The standard InChI is InChI=1S/C23H28N2O5.C23H30N2O3.C21H26N2O3.C19H24N2O.C2H3ClO2/c1-4-14-9-13-11-23(21(26)27)19(14)25(12-13)8-7-16-17-10-15(30-22(28)29-3)5-6-18(17)24(2)20(16)23;1-5-15-10-14-12-23(22(26)28-4)20(15)25(13-14)9-8-17-18-11-16(27-3)6-7-19(18)24(2)21(17)23;1-3-13-8-12-10-21(20(25)26)18(13)23(11-12)7-6-15-16-9-14(24)4-5-17(16)22(2)19(15)21;1-2-12-7-11-8-16-18-14(5-6-21(10-11)19(12)16)15-9-13(22)3-4-17(15)20-18;1-5-2(3)4/h5-6,10,13-14,19H,4,7-9,11-12H2,1-3H3,(H,26,27);6-7,11,14-15,20H,5,8-10,12-13H2,1-4H3;4-5,9,12-13,18,24H,3,6-8,10-11H2,1-2H3,(H,25,26);3-4,9,11-12,16,19-20,22H,2,5-8,10H2,1H3;1H3/t13?,14?,19?,23-;14?,15?,20?,23-;12?,13?,18?,21-;11?,12?,16-,19?;/m0000./s1. The molecule has 0 amide bonds. The van der Waals surface area contributed by atoms with E-state index in [0.717, 1.165) is 178 Å². The first kappa shape index (κ1) is 76.7. The number of phenolic OH excluding ortho intramolecular Hbond substituents is 2. The number of aryl methyl sites for hydroxylation is 3. The maximum Gasteiger partial charge on any atom is 0.513 e. The molecular formula is C88H111ClN8O14. The maximum absolute atomic E-state index is 13.5. The number of nitrogens with zero attached hydrogens (tertiary/aromatic N) is 7. The molecule has 5 N–H and O–H groups in total. The number of rotatable bonds is 9. The van der Waals surface area contributed by atoms with Crippen molar-refractivity contribution in [1.82, 2.24) is 38.3 Å². The Hall–Kier alpha value is -8.28. The Morgan fingerprint density at radius 3 is 1.35 bits per heavy atom. The van der Waals surface area contributed by atoms with Crippen LogP contribution in [0.4, 0.5) is 9.59 Å². The zero-order valence-electron chi connectivity index (χ0n) is 66.3. The minimum Gasteiger partial charge on any atom is -0.508 e. The van der Waals surface area contributed by atoms with E-state index in [1.54, 1.807) is 32.4 Å². The summed E-state index contributed by atoms with van der Waals surface area (Å²) in [6, 6.07) is 24.1. The van der Waals surface area contributed by atoms with E-state index in [9.17, 15) is 44.4 Å². The van der Waals surface area contributed by atoms with E-state index in [0.29, 0.717) is 59.3 Å². The number of aromatic amines is 1. The average molecular weight is 1540 g/mol. The SMILES string of the molecule is CCC1CC2CN3CCc4c(n(C)c5ccc(O)cc45)[C@](C(=O)O)(C2)C13.CCC1CC2CN3CCc4c(n(C)c5ccc(OC(=O)OC)cc45)[C@](C(=O)O)(C2)C13.CCC1CC2CN3CCc4c(n(C)c5ccc(OC)cc45)[C@](C(=O)OC)(C2)C13.CCC1CC2C[C@H]3c4[nH]c5ccc(O)cc5c4CCN(C2)C13.COC(=O)Cl. The lowest BCUT2D eigenvalue weighted by molar-refractivity contribution is -0.162. The number of carbonyl (C=O) groups is 5. The largest absolute Gasteiger partial charge is 0.513 e. The van der Waals surface area contributed by atoms with Crippen LogP contribution in [0.2, 0.25) is 0 Å². The lowest BCUT2D eigenvalue weighted by atomic mass is 9.56. The normalized spacial score (nSPS) is 32.8. The van der Waals surface area contributed by atoms with Crippen LogP contribution in [0.3, 0.4) is 0 Å². The van der Waals surface area contributed by atoms with Crippen molar-refractivity contribution in [2.24, 2.45) is 68.5 Å². The van der Waals surface area contributed by atoms with Crippen molar-refractivity contribution in [3.8, 4) is 23.0 Å². The number of carboxylic acid groups (broad SMARTS) is 2. The van der Waals surface area contributed by atoms with Crippen molar-refractivity contribution in [1.29, 1.82) is 0 Å². The Morgan fingerprint density at radius 2 is 0.883 bits per heavy atom. The third-order valence-electron chi connectivity index (χ3n) is 29.5. The molecule has 4 aromatic heterocycles. The summed E-state index contributed by atoms with van der Waals surface area (Å²) in [5, 5.41) is 45.6. The number of esters is 1. The van der Waals surface area contributed by atoms with Gasteiger partial charge in [0.05, 0.1) is 28.4 Å². The topological polar surface area (TPSA) is 256 Å². The lowest BCUT2D eigenvalue weighted by Gasteiger charge is -2.58. The predicted octanol–water partition coefficient (Wildman–Crippen LogP) is 14.1. The molecule has 4 aromatic carbocycles. The fourth-order valence-corrected chi connectivity index (χ4v) is 25.9. The monoisotopic (exact) mass is 1540 g/mol. The van der Waals surface area contributed by atoms with Crippen molar-refractivity contribution >= 4 is 84.7 Å². The number of carbonyl (C=O) groups excluding carboxylic acids is 3. The van der Waals surface area contributed by atoms with Crippen LogP contribution in [0.1, 0.15) is 156 Å². The van der Waals surface area contributed by atoms with Crippen molar-refractivity contribution in [2.45, 2.75) is 177 Å². The molecule has 16 heterocycles. The smallest absolute Gasteiger partial charge is 0.508 e. The Kier molecular flexibility index (Phi) is 20.5. The van der Waals surface area contributed by atoms with Crippen LogP contribution in [0.15, 0.2) is 72.8 Å². The number of benzene rings is 4. The van der Waals surface area contributed by atoms with E-state index >= 15 is 0 Å². The zero-order chi connectivity index (χ0) is 78.2. The number of hydrogen-bond donors (Lipinski definition) is 5. The first-order valence-corrected chi connectivity index (χ1v) is 41.2. The average Bonchev–Trinajstić information content (AvgIpc) is 1.56. The Labute approximate surface area is 654 Å². The van der Waals surface area contributed by atoms with Crippen LogP contribution in [-0.4, -0.2) is 193 Å². The molecule has 16 unspecified atom stereocenters. The molecule has 8 aromatic rings. The van der Waals surface area contributed by atoms with Crippen molar-refractivity contribution in [2.75, 3.05) is 80.8 Å². The van der Waals surface area contributed by atoms with Crippen LogP contribution < -0.4 is 9.47 Å². The van der Waals surface area contributed by atoms with Crippen molar-refractivity contribution < 1.29 is 68.1 Å². The lowest BCUT2D eigenvalue weighted by Crippen LogP contribution is -2.67. The number of carboxylic acids is 2. The number of aromatic hydroxyl groups is 2. The highest BCUT2D eigenvalue weighted by Crippen LogP contribution is 2.60. The van der Waals surface area contributed by atoms with Crippen LogP contribution >= 0.6 is 11.6 Å². The number of aliphatic carboxylic acids is 2. The summed E-state index contributed by atoms with van der Waals surface area (Å²) in [6.45, 7) is 17.5. The molecular weight excluding hydrogens is 1430 g/mol. The number of piperidine rings is 8. The van der Waals surface area contributed by atoms with Crippen molar-refractivity contribution in [3.05, 3.63) is 118 Å². The first-order valence-electron chi connectivity index (χ1n) is 40.9. The molecule has 12 aliphatic heterocycles. The number of phenols is 2. The predicted molar refractivity (Wildman–Crippen MR) is 426 cm³/mol. The summed E-state index contributed by atoms with van der Waals surface area (Å²) in [5.74, 6) is 5.71. The van der Waals surface area contributed by atoms with E-state index in [1.165, 1.54) is 97.3 Å². The van der Waals surface area contributed by atoms with Gasteiger partial charge in [-0.25, -0.2) is 9.59 Å². The highest BCUT2D eigenvalue weighted by molar-refractivity contribution is 6.61. The number of methoxy groups -OCH3 is 4. The molecule has 16 bridgehead atoms. The number of ether oxygens (including phenoxy) is 5. The summed E-state index contributed by atoms with van der Waals surface area (Å²) in [7, 11) is 11.9. The molecule has 16 aliphatic rings. The molecule has 23 heteroatoms. The quantitative estimate of drug-likeness (QED) is 0.0389. The van der Waals surface area contributed by atoms with Crippen LogP contribution in [0.5, 0.6) is 23.0 Å². The van der Waals surface area contributed by atoms with Gasteiger partial charge >= 0.3 is 29.5 Å². The zero-order valence-corrected chi connectivity index (χ0v) is 67.0. The number of H-pyrrole nitrogens is 1. The summed E-state index contributed by atoms with van der Waals surface area (Å²) in [6.07, 6.45) is 16.1. The van der Waals surface area contributed by atoms with E-state index < -0.39 is 39.8 Å². The molecule has 12 fully saturated rings. The van der Waals surface area contributed by atoms with Gasteiger partial charge in [0.25, 0.3) is 0 Å². The molecule has 22 nitrogen and oxygen atoms in total. The van der Waals surface area contributed by atoms with Gasteiger partial charge in [-0.3, -0.25) is 34.0 Å². The minimum atomic E-state index is -0.898. The number of hydrogen-bond acceptors (Lipinski definition) is 16. The van der Waals surface area contributed by atoms with Crippen LogP contribution in [0, 0.1) is 47.3 Å². The highest BCUT2D eigenvalue weighted by atomic mass is 35.5. The Morgan fingerprint density at radius 1 is 0.477 bits per heavy atom. The second-order valence-corrected chi connectivity index (χ2v) is 34.8. The third kappa shape index (κ3) is 12.1. The highest BCUT2D eigenvalue weighted by Gasteiger charge is 2.66. The molecule has 111 heavy (non-hydrogen) atoms. The van der Waals surface area contributed by atoms with Gasteiger partial charge in [-0.2, -0.15) is 0 Å². The summed E-state index contributed by atoms with van der Waals surface area (Å²) >= 11 is 4.60. The van der Waals surface area contributed by atoms with Gasteiger partial charge in [-0.1, -0.05) is 53.4 Å². The number of fused-ring (bicyclic) bond motifs is 16. The van der Waals surface area contributed by atoms with Gasteiger partial charge in [-0.15, -0.1) is 0 Å². The summed E-state index contributed by atoms with van der Waals surface area (Å²) in [5.41, 5.74) is 10.9. The third-order valence-corrected chi connectivity index (χ3v) is 29.6. The van der Waals surface area contributed by atoms with Gasteiger partial charge in [0.1, 0.15) is 39.2 Å². The second kappa shape index (κ2) is 29.6. The molecule has 4 aliphatic carbocycles. The minimum absolute atomic E-state index is 0.0278. The van der Waals surface area contributed by atoms with E-state index in [4.69, 9.17) is 14.2 Å². The maximum atomic E-state index is 13.5. The number of nitrogens with one attached hydrogen (secondary N) is 1. The molecule has 20 atom stereocenters. The first-order chi connectivity index (χ1) is 53.4. The van der Waals surface area contributed by atoms with Gasteiger partial charge in [0.15, 0.2) is 0 Å². The van der Waals surface area contributed by atoms with Crippen LogP contribution in [-0.2, 0) is 91.7 Å². The molecule has 24 rings (SSSR count). The molecule has 8 saturated heterocycles. The van der Waals surface area contributed by atoms with E-state index in [-0.39, 0.29) is 29.8 Å². The van der Waals surface area contributed by atoms with Gasteiger partial charge in [0.2, 0.25) is 0 Å². The van der Waals surface area contributed by atoms with Crippen LogP contribution in [0.25, 0.3) is 43.6 Å². The van der Waals surface area contributed by atoms with Gasteiger partial charge in [-0.05, 0) is 219 Å². The molecule has 594 valence electrons. The fraction of sp³-hybridized carbons (Fsp3) is 0.580. The van der Waals surface area contributed by atoms with Gasteiger partial charge in [0, 0.05) is 182 Å². The fourth-order valence-electron chi connectivity index (χ4n) is 25.9. The van der Waals surface area contributed by atoms with E-state index in [1.807, 2.05) is 56.6 Å².